The van der Waals surface area contributed by atoms with Gasteiger partial charge in [-0.15, -0.1) is 0 Å². The highest BCUT2D eigenvalue weighted by Crippen LogP contribution is 2.26. The van der Waals surface area contributed by atoms with Crippen LogP contribution >= 0.6 is 23.2 Å². The van der Waals surface area contributed by atoms with E-state index in [4.69, 9.17) is 27.9 Å². The van der Waals surface area contributed by atoms with Crippen molar-refractivity contribution in [2.24, 2.45) is 0 Å². The van der Waals surface area contributed by atoms with Gasteiger partial charge in [-0.1, -0.05) is 35.3 Å². The van der Waals surface area contributed by atoms with Crippen LogP contribution in [0.4, 0.5) is 4.39 Å². The molecule has 1 fully saturated rings. The second kappa shape index (κ2) is 9.12. The van der Waals surface area contributed by atoms with Crippen molar-refractivity contribution in [1.82, 2.24) is 4.90 Å². The highest BCUT2D eigenvalue weighted by molar-refractivity contribution is 6.31. The maximum Gasteiger partial charge on any atom is 0.227 e. The van der Waals surface area contributed by atoms with Crippen LogP contribution in [0, 0.1) is 5.82 Å². The minimum Gasteiger partial charge on any atom is -0.491 e. The lowest BCUT2D eigenvalue weighted by Crippen LogP contribution is -2.38. The number of nitrogens with zero attached hydrogens (tertiary/aromatic N) is 1. The number of carbonyl (C=O) groups is 1. The van der Waals surface area contributed by atoms with Crippen molar-refractivity contribution in [2.75, 3.05) is 19.7 Å². The smallest absolute Gasteiger partial charge is 0.227 e. The van der Waals surface area contributed by atoms with Crippen LogP contribution in [0.25, 0.3) is 0 Å². The minimum absolute atomic E-state index is 0.0943. The number of ether oxygens (including phenoxy) is 1. The van der Waals surface area contributed by atoms with Gasteiger partial charge in [0, 0.05) is 28.7 Å². The lowest BCUT2D eigenvalue weighted by atomic mass is 9.96. The zero-order valence-corrected chi connectivity index (χ0v) is 16.8. The standard InChI is InChI=1S/C21H22Cl2FNO3/c22-15-4-1-5-16(12-15)28-14-21(27)8-3-10-25(11-9-21)20(26)13-17-18(23)6-2-7-19(17)24/h1-2,4-7,12,27H,3,8-11,13-14H2. The molecule has 1 amide bonds. The van der Waals surface area contributed by atoms with E-state index in [1.807, 2.05) is 0 Å². The van der Waals surface area contributed by atoms with E-state index >= 15 is 0 Å². The van der Waals surface area contributed by atoms with Gasteiger partial charge in [-0.3, -0.25) is 4.79 Å². The first kappa shape index (κ1) is 20.9. The van der Waals surface area contributed by atoms with Crippen molar-refractivity contribution in [3.8, 4) is 5.75 Å². The SMILES string of the molecule is O=C(Cc1c(F)cccc1Cl)N1CCCC(O)(COc2cccc(Cl)c2)CC1. The summed E-state index contributed by atoms with van der Waals surface area (Å²) in [4.78, 5) is 14.3. The summed E-state index contributed by atoms with van der Waals surface area (Å²) in [6.07, 6.45) is 1.43. The summed E-state index contributed by atoms with van der Waals surface area (Å²) in [5, 5.41) is 11.7. The normalized spacial score (nSPS) is 19.9. The predicted octanol–water partition coefficient (Wildman–Crippen LogP) is 4.50. The number of carbonyl (C=O) groups excluding carboxylic acids is 1. The third kappa shape index (κ3) is 5.37. The number of hydrogen-bond donors (Lipinski definition) is 1. The summed E-state index contributed by atoms with van der Waals surface area (Å²) in [6, 6.07) is 11.4. The fourth-order valence-corrected chi connectivity index (χ4v) is 3.72. The summed E-state index contributed by atoms with van der Waals surface area (Å²) in [5.41, 5.74) is -0.828. The van der Waals surface area contributed by atoms with E-state index in [9.17, 15) is 14.3 Å². The molecule has 2 aromatic carbocycles. The van der Waals surface area contributed by atoms with Crippen LogP contribution in [0.2, 0.25) is 10.0 Å². The molecule has 3 rings (SSSR count). The predicted molar refractivity (Wildman–Crippen MR) is 107 cm³/mol. The Kier molecular flexibility index (Phi) is 6.81. The van der Waals surface area contributed by atoms with Gasteiger partial charge in [-0.25, -0.2) is 4.39 Å². The van der Waals surface area contributed by atoms with Crippen molar-refractivity contribution >= 4 is 29.1 Å². The number of halogens is 3. The first-order chi connectivity index (χ1) is 13.4. The molecule has 1 aliphatic rings. The molecule has 7 heteroatoms. The molecule has 1 aliphatic heterocycles. The van der Waals surface area contributed by atoms with Crippen molar-refractivity contribution in [2.45, 2.75) is 31.3 Å². The summed E-state index contributed by atoms with van der Waals surface area (Å²) >= 11 is 12.0. The van der Waals surface area contributed by atoms with Crippen LogP contribution in [0.15, 0.2) is 42.5 Å². The monoisotopic (exact) mass is 425 g/mol. The third-order valence-corrected chi connectivity index (χ3v) is 5.55. The molecule has 1 atom stereocenters. The van der Waals surface area contributed by atoms with Gasteiger partial charge < -0.3 is 14.7 Å². The zero-order valence-electron chi connectivity index (χ0n) is 15.3. The Morgan fingerprint density at radius 1 is 1.18 bits per heavy atom. The molecule has 0 radical (unpaired) electrons. The quantitative estimate of drug-likeness (QED) is 0.766. The molecule has 150 valence electrons. The van der Waals surface area contributed by atoms with Crippen molar-refractivity contribution < 1.29 is 19.0 Å². The van der Waals surface area contributed by atoms with Gasteiger partial charge in [0.1, 0.15) is 23.8 Å². The number of rotatable bonds is 5. The van der Waals surface area contributed by atoms with E-state index in [0.717, 1.165) is 0 Å². The van der Waals surface area contributed by atoms with E-state index < -0.39 is 11.4 Å². The second-order valence-corrected chi connectivity index (χ2v) is 7.93. The Hall–Kier alpha value is -1.82. The van der Waals surface area contributed by atoms with E-state index in [0.29, 0.717) is 43.1 Å². The van der Waals surface area contributed by atoms with E-state index in [1.165, 1.54) is 12.1 Å². The highest BCUT2D eigenvalue weighted by atomic mass is 35.5. The lowest BCUT2D eigenvalue weighted by molar-refractivity contribution is -0.130. The Labute approximate surface area is 173 Å². The molecule has 28 heavy (non-hydrogen) atoms. The van der Waals surface area contributed by atoms with Crippen LogP contribution < -0.4 is 4.74 Å². The summed E-state index contributed by atoms with van der Waals surface area (Å²) < 4.78 is 19.7. The molecular formula is C21H22Cl2FNO3. The van der Waals surface area contributed by atoms with Crippen LogP contribution in [-0.4, -0.2) is 41.2 Å². The molecule has 0 aromatic heterocycles. The Balaban J connectivity index is 1.58. The molecule has 0 bridgehead atoms. The second-order valence-electron chi connectivity index (χ2n) is 7.08. The fourth-order valence-electron chi connectivity index (χ4n) is 3.31. The van der Waals surface area contributed by atoms with Gasteiger partial charge in [-0.05, 0) is 49.6 Å². The third-order valence-electron chi connectivity index (χ3n) is 4.96. The van der Waals surface area contributed by atoms with Crippen molar-refractivity contribution in [3.05, 3.63) is 63.9 Å². The molecular weight excluding hydrogens is 404 g/mol. The molecule has 2 aromatic rings. The van der Waals surface area contributed by atoms with Gasteiger partial charge in [0.15, 0.2) is 0 Å². The average molecular weight is 426 g/mol. The first-order valence-corrected chi connectivity index (χ1v) is 9.93. The van der Waals surface area contributed by atoms with Crippen molar-refractivity contribution in [1.29, 1.82) is 0 Å². The average Bonchev–Trinajstić information content (AvgIpc) is 2.86. The van der Waals surface area contributed by atoms with Crippen LogP contribution in [0.1, 0.15) is 24.8 Å². The van der Waals surface area contributed by atoms with Crippen LogP contribution in [-0.2, 0) is 11.2 Å². The summed E-state index contributed by atoms with van der Waals surface area (Å²) in [7, 11) is 0. The molecule has 0 spiro atoms. The van der Waals surface area contributed by atoms with Gasteiger partial charge in [0.05, 0.1) is 6.42 Å². The van der Waals surface area contributed by atoms with Gasteiger partial charge >= 0.3 is 0 Å². The Morgan fingerprint density at radius 3 is 2.71 bits per heavy atom. The number of benzene rings is 2. The van der Waals surface area contributed by atoms with Gasteiger partial charge in [-0.2, -0.15) is 0 Å². The highest BCUT2D eigenvalue weighted by Gasteiger charge is 2.32. The topological polar surface area (TPSA) is 49.8 Å². The van der Waals surface area contributed by atoms with E-state index in [2.05, 4.69) is 0 Å². The minimum atomic E-state index is -1.03. The zero-order chi connectivity index (χ0) is 20.1. The number of aliphatic hydroxyl groups is 1. The first-order valence-electron chi connectivity index (χ1n) is 9.18. The van der Waals surface area contributed by atoms with Gasteiger partial charge in [0.25, 0.3) is 0 Å². The Morgan fingerprint density at radius 2 is 1.96 bits per heavy atom. The largest absolute Gasteiger partial charge is 0.491 e. The Bertz CT molecular complexity index is 828. The molecule has 1 saturated heterocycles. The molecule has 1 unspecified atom stereocenters. The number of hydrogen-bond acceptors (Lipinski definition) is 3. The molecule has 0 aliphatic carbocycles. The fraction of sp³-hybridized carbons (Fsp3) is 0.381. The molecule has 1 heterocycles. The van der Waals surface area contributed by atoms with E-state index in [-0.39, 0.29) is 29.5 Å². The number of likely N-dealkylation sites (tertiary alicyclic amines) is 1. The maximum absolute atomic E-state index is 14.0. The summed E-state index contributed by atoms with van der Waals surface area (Å²) in [6.45, 7) is 0.999. The van der Waals surface area contributed by atoms with E-state index in [1.54, 1.807) is 35.2 Å². The molecule has 0 saturated carbocycles. The maximum atomic E-state index is 14.0. The van der Waals surface area contributed by atoms with Crippen LogP contribution in [0.5, 0.6) is 5.75 Å². The molecule has 1 N–H and O–H groups in total. The molecule has 4 nitrogen and oxygen atoms in total. The number of amides is 1. The lowest BCUT2D eigenvalue weighted by Gasteiger charge is -2.27. The van der Waals surface area contributed by atoms with Crippen LogP contribution in [0.3, 0.4) is 0 Å². The van der Waals surface area contributed by atoms with Crippen molar-refractivity contribution in [3.63, 3.8) is 0 Å². The summed E-state index contributed by atoms with van der Waals surface area (Å²) in [5.74, 6) is -0.0959. The van der Waals surface area contributed by atoms with Gasteiger partial charge in [0.2, 0.25) is 5.91 Å².